The molecular formula is C17H21NO3. The van der Waals surface area contributed by atoms with Gasteiger partial charge in [0.1, 0.15) is 5.75 Å². The monoisotopic (exact) mass is 287 g/mol. The first kappa shape index (κ1) is 14.1. The number of ether oxygens (including phenoxy) is 1. The van der Waals surface area contributed by atoms with Gasteiger partial charge >= 0.3 is 0 Å². The highest BCUT2D eigenvalue weighted by Crippen LogP contribution is 2.69. The number of rotatable bonds is 2. The fourth-order valence-electron chi connectivity index (χ4n) is 3.38. The van der Waals surface area contributed by atoms with Crippen molar-refractivity contribution in [1.29, 1.82) is 0 Å². The van der Waals surface area contributed by atoms with Crippen LogP contribution in [0.5, 0.6) is 5.75 Å². The van der Waals surface area contributed by atoms with Gasteiger partial charge in [-0.25, -0.2) is 0 Å². The van der Waals surface area contributed by atoms with Crippen LogP contribution < -0.4 is 10.1 Å². The minimum atomic E-state index is -0.500. The molecule has 1 atom stereocenters. The summed E-state index contributed by atoms with van der Waals surface area (Å²) in [5.74, 6) is 0.593. The number of carbonyl (C=O) groups is 2. The number of ketones is 1. The van der Waals surface area contributed by atoms with E-state index in [1.807, 2.05) is 0 Å². The van der Waals surface area contributed by atoms with Crippen molar-refractivity contribution in [2.45, 2.75) is 40.7 Å². The molecule has 21 heavy (non-hydrogen) atoms. The molecule has 2 aliphatic rings. The van der Waals surface area contributed by atoms with E-state index >= 15 is 0 Å². The van der Waals surface area contributed by atoms with Crippen molar-refractivity contribution < 1.29 is 14.3 Å². The number of anilines is 1. The lowest BCUT2D eigenvalue weighted by atomic mass is 10.00. The SMILES string of the molecule is CC1Oc2ccc(C(=O)C3C(C)(C)C3(C)C)cc2NC1=O. The zero-order chi connectivity index (χ0) is 15.6. The molecule has 1 fully saturated rings. The highest BCUT2D eigenvalue weighted by Gasteiger charge is 2.67. The third-order valence-electron chi connectivity index (χ3n) is 5.48. The quantitative estimate of drug-likeness (QED) is 0.849. The van der Waals surface area contributed by atoms with Gasteiger partial charge in [0.25, 0.3) is 5.91 Å². The predicted molar refractivity (Wildman–Crippen MR) is 80.5 cm³/mol. The molecule has 1 aromatic rings. The average Bonchev–Trinajstić information content (AvgIpc) is 2.80. The van der Waals surface area contributed by atoms with Gasteiger partial charge in [0.05, 0.1) is 5.69 Å². The Hall–Kier alpha value is -1.84. The molecule has 3 rings (SSSR count). The second-order valence-electron chi connectivity index (χ2n) is 7.20. The molecule has 1 aliphatic carbocycles. The van der Waals surface area contributed by atoms with E-state index in [2.05, 4.69) is 33.0 Å². The maximum Gasteiger partial charge on any atom is 0.265 e. The molecule has 0 aromatic heterocycles. The molecule has 1 unspecified atom stereocenters. The molecule has 4 heteroatoms. The summed E-state index contributed by atoms with van der Waals surface area (Å²) in [6, 6.07) is 5.28. The summed E-state index contributed by atoms with van der Waals surface area (Å²) >= 11 is 0. The Balaban J connectivity index is 1.91. The van der Waals surface area contributed by atoms with Crippen molar-refractivity contribution in [3.05, 3.63) is 23.8 Å². The molecule has 0 spiro atoms. The summed E-state index contributed by atoms with van der Waals surface area (Å²) in [5, 5.41) is 2.79. The molecule has 1 aromatic carbocycles. The zero-order valence-corrected chi connectivity index (χ0v) is 13.1. The van der Waals surface area contributed by atoms with E-state index in [-0.39, 0.29) is 28.4 Å². The van der Waals surface area contributed by atoms with Crippen LogP contribution >= 0.6 is 0 Å². The van der Waals surface area contributed by atoms with Gasteiger partial charge in [-0.15, -0.1) is 0 Å². The zero-order valence-electron chi connectivity index (χ0n) is 13.1. The fraction of sp³-hybridized carbons (Fsp3) is 0.529. The smallest absolute Gasteiger partial charge is 0.265 e. The Morgan fingerprint density at radius 2 is 1.81 bits per heavy atom. The maximum atomic E-state index is 12.7. The minimum absolute atomic E-state index is 0.00818. The van der Waals surface area contributed by atoms with Gasteiger partial charge in [0.15, 0.2) is 11.9 Å². The van der Waals surface area contributed by atoms with Crippen molar-refractivity contribution in [1.82, 2.24) is 0 Å². The van der Waals surface area contributed by atoms with Crippen LogP contribution in [0.4, 0.5) is 5.69 Å². The van der Waals surface area contributed by atoms with E-state index in [1.54, 1.807) is 25.1 Å². The highest BCUT2D eigenvalue weighted by molar-refractivity contribution is 6.04. The second-order valence-corrected chi connectivity index (χ2v) is 7.20. The van der Waals surface area contributed by atoms with Crippen molar-refractivity contribution in [2.24, 2.45) is 16.7 Å². The lowest BCUT2D eigenvalue weighted by molar-refractivity contribution is -0.122. The summed E-state index contributed by atoms with van der Waals surface area (Å²) < 4.78 is 5.51. The van der Waals surface area contributed by atoms with Crippen LogP contribution in [0.1, 0.15) is 45.0 Å². The molecule has 4 nitrogen and oxygen atoms in total. The second kappa shape index (κ2) is 4.09. The highest BCUT2D eigenvalue weighted by atomic mass is 16.5. The van der Waals surface area contributed by atoms with E-state index in [0.29, 0.717) is 17.0 Å². The van der Waals surface area contributed by atoms with E-state index in [4.69, 9.17) is 4.74 Å². The summed E-state index contributed by atoms with van der Waals surface area (Å²) in [6.07, 6.45) is -0.500. The number of amides is 1. The Morgan fingerprint density at radius 1 is 1.19 bits per heavy atom. The molecule has 1 aliphatic heterocycles. The Morgan fingerprint density at radius 3 is 2.38 bits per heavy atom. The summed E-state index contributed by atoms with van der Waals surface area (Å²) in [5.41, 5.74) is 1.23. The first-order chi connectivity index (χ1) is 9.66. The average molecular weight is 287 g/mol. The van der Waals surface area contributed by atoms with Crippen LogP contribution in [0, 0.1) is 16.7 Å². The lowest BCUT2D eigenvalue weighted by Gasteiger charge is -2.23. The standard InChI is InChI=1S/C17H21NO3/c1-9-15(20)18-11-8-10(6-7-12(11)21-9)13(19)14-16(2,3)17(14,4)5/h6-9,14H,1-5H3,(H,18,20). The van der Waals surface area contributed by atoms with Gasteiger partial charge in [-0.05, 0) is 36.0 Å². The van der Waals surface area contributed by atoms with Gasteiger partial charge < -0.3 is 10.1 Å². The Labute approximate surface area is 124 Å². The molecule has 1 amide bonds. The molecule has 112 valence electrons. The van der Waals surface area contributed by atoms with Crippen molar-refractivity contribution in [3.8, 4) is 5.75 Å². The summed E-state index contributed by atoms with van der Waals surface area (Å²) in [7, 11) is 0. The number of hydrogen-bond acceptors (Lipinski definition) is 3. The van der Waals surface area contributed by atoms with Crippen LogP contribution in [0.3, 0.4) is 0 Å². The predicted octanol–water partition coefficient (Wildman–Crippen LogP) is 3.27. The largest absolute Gasteiger partial charge is 0.479 e. The van der Waals surface area contributed by atoms with Crippen molar-refractivity contribution in [2.75, 3.05) is 5.32 Å². The number of benzene rings is 1. The molecule has 1 saturated carbocycles. The molecule has 1 heterocycles. The van der Waals surface area contributed by atoms with E-state index in [0.717, 1.165) is 0 Å². The van der Waals surface area contributed by atoms with Gasteiger partial charge in [0.2, 0.25) is 0 Å². The normalized spacial score (nSPS) is 25.6. The Bertz CT molecular complexity index is 631. The van der Waals surface area contributed by atoms with Crippen LogP contribution in [-0.2, 0) is 4.79 Å². The van der Waals surface area contributed by atoms with Crippen molar-refractivity contribution >= 4 is 17.4 Å². The van der Waals surface area contributed by atoms with Gasteiger partial charge in [-0.2, -0.15) is 0 Å². The number of carbonyl (C=O) groups excluding carboxylic acids is 2. The maximum absolute atomic E-state index is 12.7. The topological polar surface area (TPSA) is 55.4 Å². The number of fused-ring (bicyclic) bond motifs is 1. The molecule has 1 N–H and O–H groups in total. The third-order valence-corrected chi connectivity index (χ3v) is 5.48. The lowest BCUT2D eigenvalue weighted by Crippen LogP contribution is -2.34. The number of Topliss-reactive ketones (excluding diaryl/α,β-unsaturated/α-hetero) is 1. The molecular weight excluding hydrogens is 266 g/mol. The van der Waals surface area contributed by atoms with E-state index in [1.165, 1.54) is 0 Å². The van der Waals surface area contributed by atoms with Gasteiger partial charge in [-0.3, -0.25) is 9.59 Å². The van der Waals surface area contributed by atoms with Crippen molar-refractivity contribution in [3.63, 3.8) is 0 Å². The Kier molecular flexibility index (Phi) is 2.75. The van der Waals surface area contributed by atoms with Gasteiger partial charge in [0, 0.05) is 11.5 Å². The van der Waals surface area contributed by atoms with E-state index in [9.17, 15) is 9.59 Å². The van der Waals surface area contributed by atoms with Gasteiger partial charge in [-0.1, -0.05) is 27.7 Å². The first-order valence-corrected chi connectivity index (χ1v) is 7.32. The van der Waals surface area contributed by atoms with Crippen LogP contribution in [0.2, 0.25) is 0 Å². The van der Waals surface area contributed by atoms with E-state index < -0.39 is 6.10 Å². The fourth-order valence-corrected chi connectivity index (χ4v) is 3.38. The molecule has 0 bridgehead atoms. The summed E-state index contributed by atoms with van der Waals surface area (Å²) in [4.78, 5) is 24.4. The van der Waals surface area contributed by atoms with Crippen LogP contribution in [0.25, 0.3) is 0 Å². The molecule has 0 saturated heterocycles. The third kappa shape index (κ3) is 1.88. The van der Waals surface area contributed by atoms with Crippen LogP contribution in [-0.4, -0.2) is 17.8 Å². The van der Waals surface area contributed by atoms with Crippen LogP contribution in [0.15, 0.2) is 18.2 Å². The number of nitrogens with one attached hydrogen (secondary N) is 1. The summed E-state index contributed by atoms with van der Waals surface area (Å²) in [6.45, 7) is 10.2. The first-order valence-electron chi connectivity index (χ1n) is 7.32. The molecule has 0 radical (unpaired) electrons. The minimum Gasteiger partial charge on any atom is -0.479 e. The number of hydrogen-bond donors (Lipinski definition) is 1.